The van der Waals surface area contributed by atoms with Crippen molar-refractivity contribution >= 4 is 33.1 Å². The Morgan fingerprint density at radius 3 is 2.47 bits per heavy atom. The van der Waals surface area contributed by atoms with Gasteiger partial charge in [0.15, 0.2) is 0 Å². The summed E-state index contributed by atoms with van der Waals surface area (Å²) in [4.78, 5) is 14.1. The number of hydrogen-bond donors (Lipinski definition) is 0. The van der Waals surface area contributed by atoms with Crippen LogP contribution < -0.4 is 0 Å². The number of aryl methyl sites for hydroxylation is 1. The van der Waals surface area contributed by atoms with Gasteiger partial charge >= 0.3 is 0 Å². The maximum Gasteiger partial charge on any atom is 0.0734 e. The summed E-state index contributed by atoms with van der Waals surface area (Å²) in [5, 5.41) is 6.02. The SMILES string of the molecule is Clc1ccc(-c2ncccc2CC2CCc3c(ccc4c3ccc3ccccc34)C2c2cnccn2)cc1. The van der Waals surface area contributed by atoms with Crippen molar-refractivity contribution in [3.63, 3.8) is 0 Å². The van der Waals surface area contributed by atoms with Crippen molar-refractivity contribution in [1.82, 2.24) is 15.0 Å². The topological polar surface area (TPSA) is 38.7 Å². The second-order valence-electron chi connectivity index (χ2n) is 10.1. The molecule has 0 saturated carbocycles. The number of halogens is 1. The van der Waals surface area contributed by atoms with Gasteiger partial charge in [-0.25, -0.2) is 0 Å². The van der Waals surface area contributed by atoms with E-state index in [1.54, 1.807) is 6.20 Å². The van der Waals surface area contributed by atoms with E-state index in [9.17, 15) is 0 Å². The molecule has 3 nitrogen and oxygen atoms in total. The maximum atomic E-state index is 6.17. The average Bonchev–Trinajstić information content (AvgIpc) is 2.98. The maximum absolute atomic E-state index is 6.17. The van der Waals surface area contributed by atoms with Crippen molar-refractivity contribution in [1.29, 1.82) is 0 Å². The second-order valence-corrected chi connectivity index (χ2v) is 10.6. The third-order valence-electron chi connectivity index (χ3n) is 8.04. The molecule has 2 unspecified atom stereocenters. The molecule has 4 heteroatoms. The predicted molar refractivity (Wildman–Crippen MR) is 156 cm³/mol. The molecule has 38 heavy (non-hydrogen) atoms. The highest BCUT2D eigenvalue weighted by Crippen LogP contribution is 2.45. The zero-order valence-corrected chi connectivity index (χ0v) is 21.6. The van der Waals surface area contributed by atoms with Gasteiger partial charge in [0.1, 0.15) is 0 Å². The van der Waals surface area contributed by atoms with E-state index in [1.807, 2.05) is 36.8 Å². The molecule has 1 aliphatic rings. The lowest BCUT2D eigenvalue weighted by molar-refractivity contribution is 0.402. The van der Waals surface area contributed by atoms with Crippen LogP contribution in [0.4, 0.5) is 0 Å². The number of aromatic nitrogens is 3. The molecule has 2 aromatic heterocycles. The van der Waals surface area contributed by atoms with E-state index in [0.29, 0.717) is 5.92 Å². The number of benzene rings is 4. The van der Waals surface area contributed by atoms with E-state index in [0.717, 1.165) is 41.2 Å². The molecule has 0 N–H and O–H groups in total. The molecule has 1 aliphatic carbocycles. The van der Waals surface area contributed by atoms with E-state index in [-0.39, 0.29) is 5.92 Å². The summed E-state index contributed by atoms with van der Waals surface area (Å²) in [5.41, 5.74) is 7.23. The zero-order chi connectivity index (χ0) is 25.5. The molecule has 2 heterocycles. The van der Waals surface area contributed by atoms with Crippen LogP contribution in [0.3, 0.4) is 0 Å². The van der Waals surface area contributed by atoms with Gasteiger partial charge in [0.25, 0.3) is 0 Å². The van der Waals surface area contributed by atoms with Gasteiger partial charge in [-0.1, -0.05) is 78.3 Å². The summed E-state index contributed by atoms with van der Waals surface area (Å²) >= 11 is 6.17. The van der Waals surface area contributed by atoms with E-state index in [2.05, 4.69) is 71.7 Å². The lowest BCUT2D eigenvalue weighted by Gasteiger charge is -2.34. The van der Waals surface area contributed by atoms with Crippen molar-refractivity contribution in [2.45, 2.75) is 25.2 Å². The molecule has 0 radical (unpaired) electrons. The van der Waals surface area contributed by atoms with E-state index in [1.165, 1.54) is 38.2 Å². The fourth-order valence-corrected chi connectivity index (χ4v) is 6.46. The van der Waals surface area contributed by atoms with Gasteiger partial charge in [0.2, 0.25) is 0 Å². The highest BCUT2D eigenvalue weighted by atomic mass is 35.5. The Kier molecular flexibility index (Phi) is 5.87. The predicted octanol–water partition coefficient (Wildman–Crippen LogP) is 8.44. The van der Waals surface area contributed by atoms with Crippen LogP contribution in [0.15, 0.2) is 110 Å². The van der Waals surface area contributed by atoms with Crippen molar-refractivity contribution in [3.8, 4) is 11.3 Å². The first-order valence-corrected chi connectivity index (χ1v) is 13.5. The largest absolute Gasteiger partial charge is 0.261 e. The van der Waals surface area contributed by atoms with Gasteiger partial charge in [0.05, 0.1) is 11.4 Å². The lowest BCUT2D eigenvalue weighted by atomic mass is 9.70. The van der Waals surface area contributed by atoms with Crippen LogP contribution in [0.5, 0.6) is 0 Å². The third kappa shape index (κ3) is 4.04. The highest BCUT2D eigenvalue weighted by molar-refractivity contribution is 6.30. The Morgan fingerprint density at radius 1 is 0.737 bits per heavy atom. The molecule has 0 saturated heterocycles. The molecular weight excluding hydrogens is 486 g/mol. The van der Waals surface area contributed by atoms with Crippen LogP contribution in [0.1, 0.15) is 34.7 Å². The van der Waals surface area contributed by atoms with Crippen LogP contribution >= 0.6 is 11.6 Å². The second kappa shape index (κ2) is 9.66. The molecule has 0 bridgehead atoms. The first-order valence-electron chi connectivity index (χ1n) is 13.2. The van der Waals surface area contributed by atoms with Crippen molar-refractivity contribution in [2.24, 2.45) is 5.92 Å². The van der Waals surface area contributed by atoms with Crippen LogP contribution in [-0.2, 0) is 12.8 Å². The number of hydrogen-bond acceptors (Lipinski definition) is 3. The Bertz CT molecular complexity index is 1760. The Labute approximate surface area is 227 Å². The van der Waals surface area contributed by atoms with Gasteiger partial charge in [-0.2, -0.15) is 0 Å². The number of nitrogens with zero attached hydrogens (tertiary/aromatic N) is 3. The van der Waals surface area contributed by atoms with Gasteiger partial charge in [-0.15, -0.1) is 0 Å². The van der Waals surface area contributed by atoms with E-state index in [4.69, 9.17) is 21.6 Å². The smallest absolute Gasteiger partial charge is 0.0734 e. The van der Waals surface area contributed by atoms with Crippen LogP contribution in [0, 0.1) is 5.92 Å². The van der Waals surface area contributed by atoms with Crippen molar-refractivity contribution in [2.75, 3.05) is 0 Å². The summed E-state index contributed by atoms with van der Waals surface area (Å²) in [6, 6.07) is 30.1. The molecule has 6 aromatic rings. The first-order chi connectivity index (χ1) is 18.8. The minimum absolute atomic E-state index is 0.168. The molecular formula is C34H26ClN3. The van der Waals surface area contributed by atoms with E-state index < -0.39 is 0 Å². The molecule has 0 amide bonds. The van der Waals surface area contributed by atoms with Gasteiger partial charge in [-0.3, -0.25) is 15.0 Å². The molecule has 4 aromatic carbocycles. The lowest BCUT2D eigenvalue weighted by Crippen LogP contribution is -2.25. The Morgan fingerprint density at radius 2 is 1.61 bits per heavy atom. The molecule has 184 valence electrons. The van der Waals surface area contributed by atoms with Crippen LogP contribution in [-0.4, -0.2) is 15.0 Å². The summed E-state index contributed by atoms with van der Waals surface area (Å²) in [7, 11) is 0. The van der Waals surface area contributed by atoms with E-state index >= 15 is 0 Å². The Hall–Kier alpha value is -4.08. The number of pyridine rings is 1. The van der Waals surface area contributed by atoms with Crippen LogP contribution in [0.2, 0.25) is 5.02 Å². The summed E-state index contributed by atoms with van der Waals surface area (Å²) < 4.78 is 0. The zero-order valence-electron chi connectivity index (χ0n) is 20.9. The number of fused-ring (bicyclic) bond motifs is 5. The minimum Gasteiger partial charge on any atom is -0.261 e. The molecule has 0 spiro atoms. The monoisotopic (exact) mass is 511 g/mol. The summed E-state index contributed by atoms with van der Waals surface area (Å²) in [6.07, 6.45) is 10.4. The molecule has 0 aliphatic heterocycles. The normalized spacial score (nSPS) is 17.0. The van der Waals surface area contributed by atoms with Crippen molar-refractivity contribution in [3.05, 3.63) is 137 Å². The van der Waals surface area contributed by atoms with Gasteiger partial charge in [0, 0.05) is 41.3 Å². The highest BCUT2D eigenvalue weighted by Gasteiger charge is 2.33. The fourth-order valence-electron chi connectivity index (χ4n) is 6.33. The number of rotatable bonds is 4. The minimum atomic E-state index is 0.168. The third-order valence-corrected chi connectivity index (χ3v) is 8.29. The van der Waals surface area contributed by atoms with Gasteiger partial charge in [-0.05, 0) is 81.6 Å². The molecule has 0 fully saturated rings. The molecule has 2 atom stereocenters. The van der Waals surface area contributed by atoms with Gasteiger partial charge < -0.3 is 0 Å². The van der Waals surface area contributed by atoms with Crippen molar-refractivity contribution < 1.29 is 0 Å². The summed E-state index contributed by atoms with van der Waals surface area (Å²) in [6.45, 7) is 0. The standard InChI is InChI=1S/C34H26ClN3/c35-26-11-7-23(8-12-26)34-25(5-3-17-38-34)20-24-10-14-30-29-13-9-22-4-1-2-6-27(22)28(29)15-16-31(30)33(24)32-21-36-18-19-37-32/h1-9,11-13,15-19,21,24,33H,10,14,20H2. The first kappa shape index (κ1) is 23.1. The quantitative estimate of drug-likeness (QED) is 0.223. The van der Waals surface area contributed by atoms with Crippen LogP contribution in [0.25, 0.3) is 32.8 Å². The molecule has 7 rings (SSSR count). The average molecular weight is 512 g/mol. The Balaban J connectivity index is 1.34. The fraction of sp³-hybridized carbons (Fsp3) is 0.147. The summed E-state index contributed by atoms with van der Waals surface area (Å²) in [5.74, 6) is 0.550.